The molecule has 1 fully saturated rings. The second kappa shape index (κ2) is 12.6. The lowest BCUT2D eigenvalue weighted by Gasteiger charge is -2.36. The smallest absolute Gasteiger partial charge is 0.217 e. The molecule has 1 aromatic rings. The van der Waals surface area contributed by atoms with Crippen molar-refractivity contribution in [3.8, 4) is 0 Å². The molecule has 0 aromatic carbocycles. The number of thiophene rings is 1. The van der Waals surface area contributed by atoms with Crippen molar-refractivity contribution in [2.45, 2.75) is 39.2 Å². The number of nitrogens with zero attached hydrogens (tertiary/aromatic N) is 3. The molecule has 2 rings (SSSR count). The van der Waals surface area contributed by atoms with Crippen LogP contribution in [-0.2, 0) is 4.79 Å². The van der Waals surface area contributed by atoms with Gasteiger partial charge in [0.05, 0.1) is 6.04 Å². The summed E-state index contributed by atoms with van der Waals surface area (Å²) in [6, 6.07) is 2.54. The van der Waals surface area contributed by atoms with Crippen LogP contribution >= 0.6 is 35.3 Å². The average molecular weight is 507 g/mol. The second-order valence-electron chi connectivity index (χ2n) is 6.85. The Labute approximate surface area is 184 Å². The molecule has 2 atom stereocenters. The first-order chi connectivity index (χ1) is 12.6. The SMILES string of the molecule is CCN(CC)C(CNC(=NC)N1CCCC(CC(N)=O)C1)c1ccsc1.I. The number of aliphatic imine (C=N–C) groups is 1. The first-order valence-electron chi connectivity index (χ1n) is 9.59. The summed E-state index contributed by atoms with van der Waals surface area (Å²) < 4.78 is 0. The topological polar surface area (TPSA) is 74.0 Å². The highest BCUT2D eigenvalue weighted by Crippen LogP contribution is 2.23. The molecule has 0 radical (unpaired) electrons. The van der Waals surface area contributed by atoms with E-state index in [4.69, 9.17) is 5.73 Å². The van der Waals surface area contributed by atoms with Crippen molar-refractivity contribution in [3.63, 3.8) is 0 Å². The minimum Gasteiger partial charge on any atom is -0.370 e. The number of carbonyl (C=O) groups is 1. The van der Waals surface area contributed by atoms with E-state index in [1.165, 1.54) is 5.56 Å². The van der Waals surface area contributed by atoms with E-state index in [1.54, 1.807) is 11.3 Å². The van der Waals surface area contributed by atoms with Crippen LogP contribution in [0.5, 0.6) is 0 Å². The molecule has 3 N–H and O–H groups in total. The molecule has 27 heavy (non-hydrogen) atoms. The van der Waals surface area contributed by atoms with Gasteiger partial charge in [0.25, 0.3) is 0 Å². The summed E-state index contributed by atoms with van der Waals surface area (Å²) in [7, 11) is 1.83. The van der Waals surface area contributed by atoms with Crippen LogP contribution in [0.3, 0.4) is 0 Å². The molecule has 1 saturated heterocycles. The fourth-order valence-corrected chi connectivity index (χ4v) is 4.52. The maximum atomic E-state index is 11.3. The Bertz CT molecular complexity index is 577. The first-order valence-corrected chi connectivity index (χ1v) is 10.5. The predicted molar refractivity (Wildman–Crippen MR) is 125 cm³/mol. The number of primary amides is 1. The lowest BCUT2D eigenvalue weighted by Crippen LogP contribution is -2.49. The van der Waals surface area contributed by atoms with E-state index >= 15 is 0 Å². The van der Waals surface area contributed by atoms with Gasteiger partial charge in [0.2, 0.25) is 5.91 Å². The van der Waals surface area contributed by atoms with E-state index < -0.39 is 0 Å². The highest BCUT2D eigenvalue weighted by Gasteiger charge is 2.25. The molecule has 1 aromatic heterocycles. The molecule has 1 amide bonds. The number of nitrogens with one attached hydrogen (secondary N) is 1. The Morgan fingerprint density at radius 2 is 2.22 bits per heavy atom. The maximum Gasteiger partial charge on any atom is 0.217 e. The zero-order valence-corrected chi connectivity index (χ0v) is 19.8. The molecule has 2 unspecified atom stereocenters. The van der Waals surface area contributed by atoms with Gasteiger partial charge in [-0.15, -0.1) is 24.0 Å². The molecule has 0 saturated carbocycles. The number of nitrogens with two attached hydrogens (primary N) is 1. The quantitative estimate of drug-likeness (QED) is 0.323. The Balaban J connectivity index is 0.00000364. The van der Waals surface area contributed by atoms with Crippen LogP contribution in [0.2, 0.25) is 0 Å². The minimum atomic E-state index is -0.209. The van der Waals surface area contributed by atoms with Gasteiger partial charge in [-0.25, -0.2) is 0 Å². The van der Waals surface area contributed by atoms with Crippen LogP contribution < -0.4 is 11.1 Å². The van der Waals surface area contributed by atoms with Crippen molar-refractivity contribution in [3.05, 3.63) is 22.4 Å². The molecule has 0 bridgehead atoms. The summed E-state index contributed by atoms with van der Waals surface area (Å²) in [5, 5.41) is 7.95. The second-order valence-corrected chi connectivity index (χ2v) is 7.63. The third kappa shape index (κ3) is 7.23. The predicted octanol–water partition coefficient (Wildman–Crippen LogP) is 2.91. The van der Waals surface area contributed by atoms with Gasteiger partial charge >= 0.3 is 0 Å². The summed E-state index contributed by atoms with van der Waals surface area (Å²) in [4.78, 5) is 20.5. The Hall–Kier alpha value is -0.870. The molecule has 6 nitrogen and oxygen atoms in total. The highest BCUT2D eigenvalue weighted by molar-refractivity contribution is 14.0. The van der Waals surface area contributed by atoms with Crippen LogP contribution in [0.15, 0.2) is 21.8 Å². The minimum absolute atomic E-state index is 0. The van der Waals surface area contributed by atoms with E-state index in [0.29, 0.717) is 18.4 Å². The molecule has 1 aliphatic heterocycles. The van der Waals surface area contributed by atoms with Crippen LogP contribution in [0.4, 0.5) is 0 Å². The molecule has 0 aliphatic carbocycles. The number of amides is 1. The standard InChI is InChI=1S/C19H33N5OS.HI/c1-4-23(5-2)17(16-8-10-26-14-16)12-22-19(21-3)24-9-6-7-15(13-24)11-18(20)25;/h8,10,14-15,17H,4-7,9,11-13H2,1-3H3,(H2,20,25)(H,21,22);1H. The summed E-state index contributed by atoms with van der Waals surface area (Å²) >= 11 is 1.74. The lowest BCUT2D eigenvalue weighted by molar-refractivity contribution is -0.119. The van der Waals surface area contributed by atoms with Crippen LogP contribution in [0.25, 0.3) is 0 Å². The van der Waals surface area contributed by atoms with Gasteiger partial charge in [0.15, 0.2) is 5.96 Å². The Kier molecular flexibility index (Phi) is 11.2. The third-order valence-electron chi connectivity index (χ3n) is 5.15. The molecular weight excluding hydrogens is 473 g/mol. The van der Waals surface area contributed by atoms with E-state index in [9.17, 15) is 4.79 Å². The van der Waals surface area contributed by atoms with E-state index in [1.807, 2.05) is 7.05 Å². The summed E-state index contributed by atoms with van der Waals surface area (Å²) in [6.45, 7) is 9.08. The van der Waals surface area contributed by atoms with Crippen LogP contribution in [0.1, 0.15) is 44.7 Å². The number of halogens is 1. The number of guanidine groups is 1. The largest absolute Gasteiger partial charge is 0.370 e. The van der Waals surface area contributed by atoms with Crippen molar-refractivity contribution in [1.82, 2.24) is 15.1 Å². The fourth-order valence-electron chi connectivity index (χ4n) is 3.82. The number of carbonyl (C=O) groups excluding carboxylic acids is 1. The van der Waals surface area contributed by atoms with Crippen LogP contribution in [0, 0.1) is 5.92 Å². The van der Waals surface area contributed by atoms with Gasteiger partial charge in [-0.05, 0) is 54.2 Å². The average Bonchev–Trinajstić information content (AvgIpc) is 3.15. The Morgan fingerprint density at radius 1 is 1.48 bits per heavy atom. The highest BCUT2D eigenvalue weighted by atomic mass is 127. The van der Waals surface area contributed by atoms with Gasteiger partial charge in [-0.2, -0.15) is 11.3 Å². The van der Waals surface area contributed by atoms with Crippen molar-refractivity contribution in [2.24, 2.45) is 16.6 Å². The first kappa shape index (κ1) is 24.2. The molecule has 0 spiro atoms. The maximum absolute atomic E-state index is 11.3. The van der Waals surface area contributed by atoms with Crippen LogP contribution in [-0.4, -0.2) is 61.4 Å². The normalized spacial score (nSPS) is 18.9. The fraction of sp³-hybridized carbons (Fsp3) is 0.684. The number of hydrogen-bond acceptors (Lipinski definition) is 4. The number of piperidine rings is 1. The number of likely N-dealkylation sites (N-methyl/N-ethyl adjacent to an activating group) is 1. The monoisotopic (exact) mass is 507 g/mol. The van der Waals surface area contributed by atoms with E-state index in [2.05, 4.69) is 50.8 Å². The van der Waals surface area contributed by atoms with E-state index in [-0.39, 0.29) is 29.9 Å². The third-order valence-corrected chi connectivity index (χ3v) is 5.86. The summed E-state index contributed by atoms with van der Waals surface area (Å²) in [6.07, 6.45) is 2.60. The molecule has 1 aliphatic rings. The zero-order valence-electron chi connectivity index (χ0n) is 16.7. The lowest BCUT2D eigenvalue weighted by atomic mass is 9.95. The van der Waals surface area contributed by atoms with Gasteiger partial charge in [0.1, 0.15) is 0 Å². The Morgan fingerprint density at radius 3 is 2.78 bits per heavy atom. The van der Waals surface area contributed by atoms with E-state index in [0.717, 1.165) is 51.5 Å². The van der Waals surface area contributed by atoms with Crippen molar-refractivity contribution < 1.29 is 4.79 Å². The molecular formula is C19H34IN5OS. The van der Waals surface area contributed by atoms with Crippen molar-refractivity contribution in [2.75, 3.05) is 39.8 Å². The summed E-state index contributed by atoms with van der Waals surface area (Å²) in [5.41, 5.74) is 6.74. The van der Waals surface area contributed by atoms with Gasteiger partial charge in [-0.1, -0.05) is 13.8 Å². The summed E-state index contributed by atoms with van der Waals surface area (Å²) in [5.74, 6) is 1.04. The molecule has 154 valence electrons. The van der Waals surface area contributed by atoms with Crippen molar-refractivity contribution >= 4 is 47.2 Å². The molecule has 2 heterocycles. The zero-order chi connectivity index (χ0) is 18.9. The van der Waals surface area contributed by atoms with Crippen molar-refractivity contribution in [1.29, 1.82) is 0 Å². The van der Waals surface area contributed by atoms with Gasteiger partial charge in [0, 0.05) is 33.1 Å². The van der Waals surface area contributed by atoms with Gasteiger partial charge < -0.3 is 16.0 Å². The number of rotatable bonds is 8. The number of hydrogen-bond donors (Lipinski definition) is 2. The van der Waals surface area contributed by atoms with Gasteiger partial charge in [-0.3, -0.25) is 14.7 Å². The molecule has 8 heteroatoms. The number of likely N-dealkylation sites (tertiary alicyclic amines) is 1.